The maximum Gasteiger partial charge on any atom is 0.0620 e. The van der Waals surface area contributed by atoms with Crippen LogP contribution in [-0.2, 0) is 0 Å². The number of allylic oxidation sites excluding steroid dienone is 4. The summed E-state index contributed by atoms with van der Waals surface area (Å²) in [6, 6.07) is 12.9. The van der Waals surface area contributed by atoms with Crippen molar-refractivity contribution in [2.75, 3.05) is 5.43 Å². The topological polar surface area (TPSA) is 24.4 Å². The number of benzene rings is 2. The van der Waals surface area contributed by atoms with E-state index in [2.05, 4.69) is 95.4 Å². The fraction of sp³-hybridized carbons (Fsp3) is 0.320. The lowest BCUT2D eigenvalue weighted by molar-refractivity contribution is 0.895. The Labute approximate surface area is 163 Å². The van der Waals surface area contributed by atoms with Gasteiger partial charge < -0.3 is 0 Å². The Morgan fingerprint density at radius 2 is 1.52 bits per heavy atom. The molecule has 0 saturated carbocycles. The van der Waals surface area contributed by atoms with E-state index in [0.29, 0.717) is 5.92 Å². The fourth-order valence-corrected chi connectivity index (χ4v) is 4.18. The Bertz CT molecular complexity index is 951. The zero-order chi connectivity index (χ0) is 19.7. The molecule has 1 aliphatic carbocycles. The van der Waals surface area contributed by atoms with E-state index in [4.69, 9.17) is 0 Å². The van der Waals surface area contributed by atoms with E-state index in [1.165, 1.54) is 44.5 Å². The van der Waals surface area contributed by atoms with Crippen LogP contribution in [0.1, 0.15) is 55.5 Å². The summed E-state index contributed by atoms with van der Waals surface area (Å²) in [4.78, 5) is 0. The molecule has 3 rings (SSSR count). The van der Waals surface area contributed by atoms with Crippen LogP contribution in [0.5, 0.6) is 0 Å². The number of hydrazone groups is 1. The normalized spacial score (nSPS) is 17.4. The van der Waals surface area contributed by atoms with E-state index < -0.39 is 0 Å². The van der Waals surface area contributed by atoms with E-state index in [1.54, 1.807) is 0 Å². The van der Waals surface area contributed by atoms with Gasteiger partial charge in [-0.1, -0.05) is 54.5 Å². The molecule has 0 aromatic heterocycles. The standard InChI is InChI=1S/C25H30N2/c1-15-12-16(2)25(17(3)13-15)27-26-14-22-10-8-9-11-23(22)24-20(6)18(4)19(5)21(24)7/h8-14,20,27H,1-7H3. The summed E-state index contributed by atoms with van der Waals surface area (Å²) < 4.78 is 0. The number of nitrogens with one attached hydrogen (secondary N) is 1. The highest BCUT2D eigenvalue weighted by molar-refractivity contribution is 5.92. The molecule has 1 N–H and O–H groups in total. The Balaban J connectivity index is 1.92. The second-order valence-electron chi connectivity index (χ2n) is 7.80. The van der Waals surface area contributed by atoms with Crippen molar-refractivity contribution in [1.29, 1.82) is 0 Å². The molecule has 0 fully saturated rings. The van der Waals surface area contributed by atoms with Gasteiger partial charge in [0.05, 0.1) is 11.9 Å². The molecule has 2 heteroatoms. The molecule has 27 heavy (non-hydrogen) atoms. The first-order valence-corrected chi connectivity index (χ1v) is 9.66. The van der Waals surface area contributed by atoms with Crippen LogP contribution in [0.2, 0.25) is 0 Å². The third-order valence-corrected chi connectivity index (χ3v) is 5.95. The van der Waals surface area contributed by atoms with Gasteiger partial charge in [0, 0.05) is 11.5 Å². The molecule has 0 bridgehead atoms. The van der Waals surface area contributed by atoms with Gasteiger partial charge in [0.25, 0.3) is 0 Å². The quantitative estimate of drug-likeness (QED) is 0.471. The molecule has 0 spiro atoms. The van der Waals surface area contributed by atoms with Crippen molar-refractivity contribution in [2.45, 2.75) is 48.5 Å². The summed E-state index contributed by atoms with van der Waals surface area (Å²) >= 11 is 0. The van der Waals surface area contributed by atoms with Crippen molar-refractivity contribution in [3.8, 4) is 0 Å². The van der Waals surface area contributed by atoms with Gasteiger partial charge in [0.2, 0.25) is 0 Å². The van der Waals surface area contributed by atoms with Crippen LogP contribution in [-0.4, -0.2) is 6.21 Å². The zero-order valence-electron chi connectivity index (χ0n) is 17.6. The van der Waals surface area contributed by atoms with Crippen LogP contribution >= 0.6 is 0 Å². The first-order chi connectivity index (χ1) is 12.8. The largest absolute Gasteiger partial charge is 0.278 e. The summed E-state index contributed by atoms with van der Waals surface area (Å²) in [5, 5.41) is 4.57. The minimum Gasteiger partial charge on any atom is -0.278 e. The molecule has 2 nitrogen and oxygen atoms in total. The monoisotopic (exact) mass is 358 g/mol. The second kappa shape index (κ2) is 7.56. The maximum atomic E-state index is 4.57. The fourth-order valence-electron chi connectivity index (χ4n) is 4.18. The summed E-state index contributed by atoms with van der Waals surface area (Å²) in [5.74, 6) is 0.453. The third-order valence-electron chi connectivity index (χ3n) is 5.95. The molecule has 1 atom stereocenters. The third kappa shape index (κ3) is 3.62. The average molecular weight is 359 g/mol. The molecule has 0 radical (unpaired) electrons. The lowest BCUT2D eigenvalue weighted by atomic mass is 9.89. The van der Waals surface area contributed by atoms with Gasteiger partial charge in [0.1, 0.15) is 0 Å². The summed E-state index contributed by atoms with van der Waals surface area (Å²) in [7, 11) is 0. The highest BCUT2D eigenvalue weighted by Gasteiger charge is 2.25. The van der Waals surface area contributed by atoms with Crippen molar-refractivity contribution in [1.82, 2.24) is 0 Å². The van der Waals surface area contributed by atoms with Crippen LogP contribution in [0.3, 0.4) is 0 Å². The molecule has 2 aromatic carbocycles. The summed E-state index contributed by atoms with van der Waals surface area (Å²) in [5.41, 5.74) is 16.2. The molecule has 0 saturated heterocycles. The summed E-state index contributed by atoms with van der Waals surface area (Å²) in [6.07, 6.45) is 1.95. The molecule has 0 amide bonds. The number of rotatable bonds is 4. The Morgan fingerprint density at radius 3 is 2.11 bits per heavy atom. The Kier molecular flexibility index (Phi) is 5.36. The van der Waals surface area contributed by atoms with Crippen molar-refractivity contribution >= 4 is 17.5 Å². The predicted molar refractivity (Wildman–Crippen MR) is 118 cm³/mol. The average Bonchev–Trinajstić information content (AvgIpc) is 2.81. The van der Waals surface area contributed by atoms with E-state index in [1.807, 2.05) is 6.21 Å². The zero-order valence-corrected chi connectivity index (χ0v) is 17.6. The molecular weight excluding hydrogens is 328 g/mol. The molecule has 0 heterocycles. The van der Waals surface area contributed by atoms with Gasteiger partial charge >= 0.3 is 0 Å². The van der Waals surface area contributed by atoms with Crippen molar-refractivity contribution in [3.05, 3.63) is 80.9 Å². The van der Waals surface area contributed by atoms with Crippen molar-refractivity contribution in [2.24, 2.45) is 11.0 Å². The SMILES string of the molecule is CC1=C(C)C(C)C(c2ccccc2C=NNc2c(C)cc(C)cc2C)=C1C. The van der Waals surface area contributed by atoms with Crippen molar-refractivity contribution in [3.63, 3.8) is 0 Å². The second-order valence-corrected chi connectivity index (χ2v) is 7.80. The molecular formula is C25H30N2. The minimum atomic E-state index is 0.453. The molecule has 0 aliphatic heterocycles. The van der Waals surface area contributed by atoms with Gasteiger partial charge in [0.15, 0.2) is 0 Å². The number of nitrogens with zero attached hydrogens (tertiary/aromatic N) is 1. The molecule has 140 valence electrons. The van der Waals surface area contributed by atoms with Gasteiger partial charge in [-0.2, -0.15) is 5.10 Å². The lowest BCUT2D eigenvalue weighted by Crippen LogP contribution is -2.02. The van der Waals surface area contributed by atoms with E-state index in [0.717, 1.165) is 11.3 Å². The highest BCUT2D eigenvalue weighted by Crippen LogP contribution is 2.42. The van der Waals surface area contributed by atoms with E-state index in [-0.39, 0.29) is 0 Å². The smallest absolute Gasteiger partial charge is 0.0620 e. The number of anilines is 1. The highest BCUT2D eigenvalue weighted by atomic mass is 15.3. The van der Waals surface area contributed by atoms with Crippen LogP contribution in [0.4, 0.5) is 5.69 Å². The predicted octanol–water partition coefficient (Wildman–Crippen LogP) is 6.82. The first-order valence-electron chi connectivity index (χ1n) is 9.66. The number of hydrogen-bond donors (Lipinski definition) is 1. The van der Waals surface area contributed by atoms with Crippen LogP contribution < -0.4 is 5.43 Å². The van der Waals surface area contributed by atoms with Gasteiger partial charge in [-0.05, 0) is 75.0 Å². The molecule has 1 unspecified atom stereocenters. The Hall–Kier alpha value is -2.61. The number of hydrogen-bond acceptors (Lipinski definition) is 2. The van der Waals surface area contributed by atoms with Gasteiger partial charge in [-0.25, -0.2) is 0 Å². The van der Waals surface area contributed by atoms with Crippen LogP contribution in [0.25, 0.3) is 5.57 Å². The van der Waals surface area contributed by atoms with Gasteiger partial charge in [-0.3, -0.25) is 5.43 Å². The van der Waals surface area contributed by atoms with E-state index >= 15 is 0 Å². The lowest BCUT2D eigenvalue weighted by Gasteiger charge is -2.15. The first kappa shape index (κ1) is 19.2. The molecule has 2 aromatic rings. The van der Waals surface area contributed by atoms with E-state index in [9.17, 15) is 0 Å². The van der Waals surface area contributed by atoms with Crippen molar-refractivity contribution < 1.29 is 0 Å². The van der Waals surface area contributed by atoms with Gasteiger partial charge in [-0.15, -0.1) is 0 Å². The van der Waals surface area contributed by atoms with Crippen LogP contribution in [0, 0.1) is 26.7 Å². The summed E-state index contributed by atoms with van der Waals surface area (Å²) in [6.45, 7) is 15.4. The maximum absolute atomic E-state index is 4.57. The van der Waals surface area contributed by atoms with Crippen LogP contribution in [0.15, 0.2) is 58.2 Å². The Morgan fingerprint density at radius 1 is 0.889 bits per heavy atom. The molecule has 1 aliphatic rings. The number of aryl methyl sites for hydroxylation is 3. The minimum absolute atomic E-state index is 0.453.